The van der Waals surface area contributed by atoms with E-state index in [0.29, 0.717) is 12.0 Å². The Bertz CT molecular complexity index is 778. The van der Waals surface area contributed by atoms with Crippen LogP contribution in [-0.2, 0) is 22.4 Å². The maximum absolute atomic E-state index is 12.1. The predicted molar refractivity (Wildman–Crippen MR) is 97.6 cm³/mol. The minimum atomic E-state index is -4.76. The fourth-order valence-corrected chi connectivity index (χ4v) is 2.58. The van der Waals surface area contributed by atoms with Crippen LogP contribution in [0.3, 0.4) is 0 Å². The molecule has 2 aromatic rings. The first-order valence-corrected chi connectivity index (χ1v) is 8.66. The van der Waals surface area contributed by atoms with Crippen LogP contribution in [0.2, 0.25) is 0 Å². The van der Waals surface area contributed by atoms with Crippen molar-refractivity contribution in [2.45, 2.75) is 32.2 Å². The smallest absolute Gasteiger partial charge is 0.406 e. The summed E-state index contributed by atoms with van der Waals surface area (Å²) in [7, 11) is 0. The van der Waals surface area contributed by atoms with E-state index in [9.17, 15) is 22.8 Å². The third kappa shape index (κ3) is 8.11. The summed E-state index contributed by atoms with van der Waals surface area (Å²) in [4.78, 5) is 23.8. The molecule has 0 aliphatic heterocycles. The van der Waals surface area contributed by atoms with Crippen LogP contribution in [-0.4, -0.2) is 30.8 Å². The lowest BCUT2D eigenvalue weighted by Crippen LogP contribution is -2.42. The predicted octanol–water partition coefficient (Wildman–Crippen LogP) is 2.99. The summed E-state index contributed by atoms with van der Waals surface area (Å²) in [5, 5.41) is 5.29. The maximum atomic E-state index is 12.1. The van der Waals surface area contributed by atoms with E-state index in [1.54, 1.807) is 0 Å². The zero-order valence-corrected chi connectivity index (χ0v) is 15.3. The fraction of sp³-hybridized carbons (Fsp3) is 0.300. The van der Waals surface area contributed by atoms with Crippen molar-refractivity contribution in [2.75, 3.05) is 6.54 Å². The second-order valence-electron chi connectivity index (χ2n) is 6.30. The molecule has 1 atom stereocenters. The first-order valence-electron chi connectivity index (χ1n) is 8.66. The number of amides is 2. The van der Waals surface area contributed by atoms with Crippen LogP contribution in [0, 0.1) is 0 Å². The van der Waals surface area contributed by atoms with Gasteiger partial charge in [0.2, 0.25) is 11.8 Å². The quantitative estimate of drug-likeness (QED) is 0.723. The van der Waals surface area contributed by atoms with E-state index in [1.165, 1.54) is 12.1 Å². The van der Waals surface area contributed by atoms with E-state index in [0.717, 1.165) is 17.7 Å². The zero-order chi connectivity index (χ0) is 20.6. The fourth-order valence-electron chi connectivity index (χ4n) is 2.58. The van der Waals surface area contributed by atoms with Crippen molar-refractivity contribution in [1.82, 2.24) is 10.6 Å². The van der Waals surface area contributed by atoms with Gasteiger partial charge in [-0.2, -0.15) is 0 Å². The summed E-state index contributed by atoms with van der Waals surface area (Å²) < 4.78 is 40.1. The molecule has 2 amide bonds. The van der Waals surface area contributed by atoms with Gasteiger partial charge in [0.15, 0.2) is 0 Å². The summed E-state index contributed by atoms with van der Waals surface area (Å²) >= 11 is 0. The van der Waals surface area contributed by atoms with Crippen LogP contribution in [0.4, 0.5) is 13.2 Å². The number of hydrogen-bond acceptors (Lipinski definition) is 3. The number of carbonyl (C=O) groups excluding carboxylic acids is 2. The van der Waals surface area contributed by atoms with Crippen molar-refractivity contribution in [3.63, 3.8) is 0 Å². The number of halogens is 3. The zero-order valence-electron chi connectivity index (χ0n) is 15.3. The van der Waals surface area contributed by atoms with Crippen LogP contribution >= 0.6 is 0 Å². The van der Waals surface area contributed by atoms with E-state index in [2.05, 4.69) is 15.4 Å². The van der Waals surface area contributed by atoms with Crippen LogP contribution in [0.5, 0.6) is 5.75 Å². The normalized spacial score (nSPS) is 12.1. The summed E-state index contributed by atoms with van der Waals surface area (Å²) in [5.41, 5.74) is 1.60. The molecular formula is C20H21F3N2O3. The summed E-state index contributed by atoms with van der Waals surface area (Å²) in [6, 6.07) is 14.6. The van der Waals surface area contributed by atoms with Gasteiger partial charge >= 0.3 is 6.36 Å². The average Bonchev–Trinajstić information content (AvgIpc) is 2.61. The topological polar surface area (TPSA) is 67.4 Å². The van der Waals surface area contributed by atoms with E-state index >= 15 is 0 Å². The largest absolute Gasteiger partial charge is 0.573 e. The molecule has 5 nitrogen and oxygen atoms in total. The monoisotopic (exact) mass is 394 g/mol. The van der Waals surface area contributed by atoms with Gasteiger partial charge < -0.3 is 15.4 Å². The third-order valence-electron chi connectivity index (χ3n) is 3.76. The number of rotatable bonds is 8. The molecule has 2 N–H and O–H groups in total. The standard InChI is InChI=1S/C20H21F3N2O3/c1-14(11-15-5-3-2-4-6-15)25-19(27)13-24-18(26)12-16-7-9-17(10-8-16)28-20(21,22)23/h2-10,14H,11-13H2,1H3,(H,24,26)(H,25,27). The van der Waals surface area contributed by atoms with Crippen LogP contribution in [0.1, 0.15) is 18.1 Å². The van der Waals surface area contributed by atoms with Crippen molar-refractivity contribution in [3.8, 4) is 5.75 Å². The Morgan fingerprint density at radius 3 is 2.21 bits per heavy atom. The molecule has 2 rings (SSSR count). The first-order chi connectivity index (χ1) is 13.2. The molecule has 0 bridgehead atoms. The average molecular weight is 394 g/mol. The lowest BCUT2D eigenvalue weighted by molar-refractivity contribution is -0.274. The highest BCUT2D eigenvalue weighted by Crippen LogP contribution is 2.22. The molecule has 0 saturated heterocycles. The summed E-state index contributed by atoms with van der Waals surface area (Å²) in [6.45, 7) is 1.70. The maximum Gasteiger partial charge on any atom is 0.573 e. The van der Waals surface area contributed by atoms with Crippen molar-refractivity contribution in [3.05, 3.63) is 65.7 Å². The van der Waals surface area contributed by atoms with E-state index in [1.807, 2.05) is 37.3 Å². The van der Waals surface area contributed by atoms with Crippen LogP contribution in [0.15, 0.2) is 54.6 Å². The number of nitrogens with one attached hydrogen (secondary N) is 2. The van der Waals surface area contributed by atoms with Gasteiger partial charge in [0.05, 0.1) is 13.0 Å². The molecule has 28 heavy (non-hydrogen) atoms. The van der Waals surface area contributed by atoms with E-state index in [-0.39, 0.29) is 30.7 Å². The highest BCUT2D eigenvalue weighted by atomic mass is 19.4. The Morgan fingerprint density at radius 1 is 0.964 bits per heavy atom. The van der Waals surface area contributed by atoms with Gasteiger partial charge in [0.25, 0.3) is 0 Å². The van der Waals surface area contributed by atoms with E-state index in [4.69, 9.17) is 0 Å². The van der Waals surface area contributed by atoms with Gasteiger partial charge in [-0.15, -0.1) is 13.2 Å². The lowest BCUT2D eigenvalue weighted by atomic mass is 10.1. The number of alkyl halides is 3. The molecule has 1 unspecified atom stereocenters. The number of ether oxygens (including phenoxy) is 1. The Morgan fingerprint density at radius 2 is 1.61 bits per heavy atom. The number of benzene rings is 2. The molecule has 0 spiro atoms. The molecule has 0 aromatic heterocycles. The number of carbonyl (C=O) groups is 2. The van der Waals surface area contributed by atoms with Gasteiger partial charge in [-0.3, -0.25) is 9.59 Å². The van der Waals surface area contributed by atoms with Gasteiger partial charge in [-0.1, -0.05) is 42.5 Å². The van der Waals surface area contributed by atoms with Crippen molar-refractivity contribution >= 4 is 11.8 Å². The highest BCUT2D eigenvalue weighted by Gasteiger charge is 2.30. The third-order valence-corrected chi connectivity index (χ3v) is 3.76. The van der Waals surface area contributed by atoms with Gasteiger partial charge in [0, 0.05) is 6.04 Å². The Balaban J connectivity index is 1.72. The first kappa shape index (κ1) is 21.3. The minimum absolute atomic E-state index is 0.0564. The van der Waals surface area contributed by atoms with Crippen LogP contribution < -0.4 is 15.4 Å². The second kappa shape index (κ2) is 9.77. The SMILES string of the molecule is CC(Cc1ccccc1)NC(=O)CNC(=O)Cc1ccc(OC(F)(F)F)cc1. The Hall–Kier alpha value is -3.03. The molecular weight excluding hydrogens is 373 g/mol. The molecule has 2 aromatic carbocycles. The molecule has 0 radical (unpaired) electrons. The summed E-state index contributed by atoms with van der Waals surface area (Å²) in [5.74, 6) is -1.08. The van der Waals surface area contributed by atoms with Gasteiger partial charge in [-0.05, 0) is 36.6 Å². The Labute approximate surface area is 160 Å². The summed E-state index contributed by atoms with van der Waals surface area (Å²) in [6.07, 6.45) is -4.14. The van der Waals surface area contributed by atoms with Crippen molar-refractivity contribution in [2.24, 2.45) is 0 Å². The lowest BCUT2D eigenvalue weighted by Gasteiger charge is -2.14. The van der Waals surface area contributed by atoms with Crippen LogP contribution in [0.25, 0.3) is 0 Å². The molecule has 8 heteroatoms. The molecule has 0 aliphatic carbocycles. The highest BCUT2D eigenvalue weighted by molar-refractivity contribution is 5.85. The second-order valence-corrected chi connectivity index (χ2v) is 6.30. The molecule has 150 valence electrons. The minimum Gasteiger partial charge on any atom is -0.406 e. The Kier molecular flexibility index (Phi) is 7.43. The molecule has 0 heterocycles. The van der Waals surface area contributed by atoms with Crippen molar-refractivity contribution < 1.29 is 27.5 Å². The van der Waals surface area contributed by atoms with E-state index < -0.39 is 12.3 Å². The molecule has 0 saturated carbocycles. The molecule has 0 fully saturated rings. The molecule has 0 aliphatic rings. The number of hydrogen-bond donors (Lipinski definition) is 2. The van der Waals surface area contributed by atoms with Crippen molar-refractivity contribution in [1.29, 1.82) is 0 Å². The van der Waals surface area contributed by atoms with Gasteiger partial charge in [0.1, 0.15) is 5.75 Å². The van der Waals surface area contributed by atoms with Gasteiger partial charge in [-0.25, -0.2) is 0 Å².